The first kappa shape index (κ1) is 11.6. The van der Waals surface area contributed by atoms with Gasteiger partial charge in [-0.25, -0.2) is 4.39 Å². The number of halogens is 3. The predicted molar refractivity (Wildman–Crippen MR) is 57.1 cm³/mol. The van der Waals surface area contributed by atoms with Crippen LogP contribution in [0.1, 0.15) is 16.8 Å². The topological polar surface area (TPSA) is 43.1 Å². The fraction of sp³-hybridized carbons (Fsp3) is 0.222. The summed E-state index contributed by atoms with van der Waals surface area (Å²) in [4.78, 5) is 11.4. The SMILES string of the molecule is NCCC(=O)c1c(F)cc(Cl)cc1Br. The van der Waals surface area contributed by atoms with Gasteiger partial charge in [0.25, 0.3) is 0 Å². The number of carbonyl (C=O) groups is 1. The largest absolute Gasteiger partial charge is 0.330 e. The molecule has 0 radical (unpaired) electrons. The predicted octanol–water partition coefficient (Wildman–Crippen LogP) is 2.77. The van der Waals surface area contributed by atoms with Crippen molar-refractivity contribution in [3.05, 3.63) is 33.0 Å². The molecule has 0 heterocycles. The Bertz CT molecular complexity index is 347. The molecule has 0 unspecified atom stereocenters. The Balaban J connectivity index is 3.14. The number of nitrogens with two attached hydrogens (primary N) is 1. The van der Waals surface area contributed by atoms with Gasteiger partial charge in [0.15, 0.2) is 5.78 Å². The average Bonchev–Trinajstić information content (AvgIpc) is 2.01. The minimum atomic E-state index is -0.622. The zero-order chi connectivity index (χ0) is 10.7. The maximum atomic E-state index is 13.3. The number of ketones is 1. The normalized spacial score (nSPS) is 10.3. The van der Waals surface area contributed by atoms with Gasteiger partial charge in [0.05, 0.1) is 5.56 Å². The summed E-state index contributed by atoms with van der Waals surface area (Å²) in [6.07, 6.45) is 0.122. The van der Waals surface area contributed by atoms with E-state index >= 15 is 0 Å². The highest BCUT2D eigenvalue weighted by Gasteiger charge is 2.15. The Hall–Kier alpha value is -0.450. The monoisotopic (exact) mass is 279 g/mol. The van der Waals surface area contributed by atoms with Crippen molar-refractivity contribution in [2.45, 2.75) is 6.42 Å². The van der Waals surface area contributed by atoms with E-state index in [1.165, 1.54) is 6.07 Å². The van der Waals surface area contributed by atoms with Gasteiger partial charge < -0.3 is 5.73 Å². The molecule has 14 heavy (non-hydrogen) atoms. The number of Topliss-reactive ketones (excluding diaryl/α,β-unsaturated/α-hetero) is 1. The molecule has 0 aliphatic rings. The number of carbonyl (C=O) groups excluding carboxylic acids is 1. The lowest BCUT2D eigenvalue weighted by molar-refractivity contribution is 0.0981. The molecule has 0 saturated carbocycles. The van der Waals surface area contributed by atoms with Crippen LogP contribution in [-0.4, -0.2) is 12.3 Å². The first-order valence-electron chi connectivity index (χ1n) is 3.94. The maximum absolute atomic E-state index is 13.3. The van der Waals surface area contributed by atoms with E-state index in [-0.39, 0.29) is 29.3 Å². The lowest BCUT2D eigenvalue weighted by Gasteiger charge is -2.04. The minimum absolute atomic E-state index is 0.0138. The Morgan fingerprint density at radius 2 is 2.21 bits per heavy atom. The van der Waals surface area contributed by atoms with E-state index in [4.69, 9.17) is 17.3 Å². The van der Waals surface area contributed by atoms with E-state index < -0.39 is 5.82 Å². The lowest BCUT2D eigenvalue weighted by atomic mass is 10.1. The molecule has 2 N–H and O–H groups in total. The Kier molecular flexibility index (Phi) is 4.04. The standard InChI is InChI=1S/C9H8BrClFNO/c10-6-3-5(11)4-7(12)9(6)8(14)1-2-13/h3-4H,1-2,13H2. The van der Waals surface area contributed by atoms with E-state index in [1.54, 1.807) is 0 Å². The van der Waals surface area contributed by atoms with Gasteiger partial charge in [-0.3, -0.25) is 4.79 Å². The third-order valence-electron chi connectivity index (χ3n) is 1.66. The third-order valence-corrected chi connectivity index (χ3v) is 2.50. The minimum Gasteiger partial charge on any atom is -0.330 e. The van der Waals surface area contributed by atoms with E-state index in [0.717, 1.165) is 6.07 Å². The van der Waals surface area contributed by atoms with E-state index in [1.807, 2.05) is 0 Å². The molecule has 76 valence electrons. The summed E-state index contributed by atoms with van der Waals surface area (Å²) in [6.45, 7) is 0.202. The Morgan fingerprint density at radius 1 is 1.57 bits per heavy atom. The summed E-state index contributed by atoms with van der Waals surface area (Å²) in [5.74, 6) is -0.948. The summed E-state index contributed by atoms with van der Waals surface area (Å²) in [5, 5.41) is 0.249. The van der Waals surface area contributed by atoms with Crippen molar-refractivity contribution >= 4 is 33.3 Å². The first-order chi connectivity index (χ1) is 6.56. The summed E-state index contributed by atoms with van der Waals surface area (Å²) in [6, 6.07) is 2.59. The van der Waals surface area contributed by atoms with Crippen LogP contribution < -0.4 is 5.73 Å². The Labute approximate surface area is 94.4 Å². The van der Waals surface area contributed by atoms with Crippen LogP contribution in [0, 0.1) is 5.82 Å². The molecule has 0 fully saturated rings. The van der Waals surface area contributed by atoms with Crippen molar-refractivity contribution in [3.63, 3.8) is 0 Å². The van der Waals surface area contributed by atoms with Gasteiger partial charge >= 0.3 is 0 Å². The molecule has 0 amide bonds. The molecule has 5 heteroatoms. The van der Waals surface area contributed by atoms with Crippen LogP contribution in [-0.2, 0) is 0 Å². The van der Waals surface area contributed by atoms with Crippen LogP contribution in [0.3, 0.4) is 0 Å². The molecule has 0 aliphatic heterocycles. The highest BCUT2D eigenvalue weighted by atomic mass is 79.9. The molecule has 0 aliphatic carbocycles. The number of hydrogen-bond donors (Lipinski definition) is 1. The molecule has 1 aromatic rings. The third kappa shape index (κ3) is 2.53. The zero-order valence-corrected chi connectivity index (χ0v) is 9.53. The molecule has 0 saturated heterocycles. The molecule has 0 aromatic heterocycles. The number of rotatable bonds is 3. The van der Waals surface area contributed by atoms with Crippen LogP contribution in [0.5, 0.6) is 0 Å². The van der Waals surface area contributed by atoms with Gasteiger partial charge in [-0.2, -0.15) is 0 Å². The van der Waals surface area contributed by atoms with Crippen LogP contribution in [0.25, 0.3) is 0 Å². The van der Waals surface area contributed by atoms with Crippen LogP contribution >= 0.6 is 27.5 Å². The quantitative estimate of drug-likeness (QED) is 0.865. The molecule has 2 nitrogen and oxygen atoms in total. The molecular formula is C9H8BrClFNO. The van der Waals surface area contributed by atoms with E-state index in [0.29, 0.717) is 4.47 Å². The van der Waals surface area contributed by atoms with Crippen molar-refractivity contribution in [2.75, 3.05) is 6.54 Å². The highest BCUT2D eigenvalue weighted by molar-refractivity contribution is 9.10. The first-order valence-corrected chi connectivity index (χ1v) is 5.11. The molecular weight excluding hydrogens is 272 g/mol. The number of benzene rings is 1. The summed E-state index contributed by atoms with van der Waals surface area (Å²) < 4.78 is 13.7. The second-order valence-corrected chi connectivity index (χ2v) is 4.00. The second kappa shape index (κ2) is 4.87. The van der Waals surface area contributed by atoms with Crippen LogP contribution in [0.4, 0.5) is 4.39 Å². The van der Waals surface area contributed by atoms with E-state index in [2.05, 4.69) is 15.9 Å². The lowest BCUT2D eigenvalue weighted by Crippen LogP contribution is -2.10. The van der Waals surface area contributed by atoms with Crippen LogP contribution in [0.2, 0.25) is 5.02 Å². The molecule has 0 spiro atoms. The summed E-state index contributed by atoms with van der Waals surface area (Å²) >= 11 is 8.68. The zero-order valence-electron chi connectivity index (χ0n) is 7.19. The summed E-state index contributed by atoms with van der Waals surface area (Å²) in [7, 11) is 0. The van der Waals surface area contributed by atoms with Crippen molar-refractivity contribution < 1.29 is 9.18 Å². The Morgan fingerprint density at radius 3 is 2.71 bits per heavy atom. The summed E-state index contributed by atoms with van der Waals surface area (Å²) in [5.41, 5.74) is 5.23. The van der Waals surface area contributed by atoms with Crippen molar-refractivity contribution in [3.8, 4) is 0 Å². The average molecular weight is 281 g/mol. The van der Waals surface area contributed by atoms with Crippen molar-refractivity contribution in [1.82, 2.24) is 0 Å². The van der Waals surface area contributed by atoms with Crippen molar-refractivity contribution in [2.24, 2.45) is 5.73 Å². The van der Waals surface area contributed by atoms with Gasteiger partial charge in [0, 0.05) is 15.9 Å². The fourth-order valence-electron chi connectivity index (χ4n) is 1.06. The van der Waals surface area contributed by atoms with Gasteiger partial charge in [0.1, 0.15) is 5.82 Å². The highest BCUT2D eigenvalue weighted by Crippen LogP contribution is 2.25. The molecule has 0 bridgehead atoms. The second-order valence-electron chi connectivity index (χ2n) is 2.71. The van der Waals surface area contributed by atoms with E-state index in [9.17, 15) is 9.18 Å². The van der Waals surface area contributed by atoms with Gasteiger partial charge in [-0.05, 0) is 34.6 Å². The number of hydrogen-bond acceptors (Lipinski definition) is 2. The van der Waals surface area contributed by atoms with Gasteiger partial charge in [-0.1, -0.05) is 11.6 Å². The maximum Gasteiger partial charge on any atom is 0.168 e. The molecule has 1 aromatic carbocycles. The van der Waals surface area contributed by atoms with Gasteiger partial charge in [0.2, 0.25) is 0 Å². The smallest absolute Gasteiger partial charge is 0.168 e. The van der Waals surface area contributed by atoms with Gasteiger partial charge in [-0.15, -0.1) is 0 Å². The van der Waals surface area contributed by atoms with Crippen molar-refractivity contribution in [1.29, 1.82) is 0 Å². The molecule has 1 rings (SSSR count). The molecule has 0 atom stereocenters. The fourth-order valence-corrected chi connectivity index (χ4v) is 2.06. The van der Waals surface area contributed by atoms with Crippen LogP contribution in [0.15, 0.2) is 16.6 Å².